The van der Waals surface area contributed by atoms with E-state index in [0.717, 1.165) is 28.8 Å². The molecule has 1 saturated heterocycles. The fourth-order valence-corrected chi connectivity index (χ4v) is 5.28. The van der Waals surface area contributed by atoms with Gasteiger partial charge in [-0.3, -0.25) is 9.10 Å². The molecular formula is C23H31N3O4S. The van der Waals surface area contributed by atoms with E-state index in [0.29, 0.717) is 31.9 Å². The summed E-state index contributed by atoms with van der Waals surface area (Å²) in [4.78, 5) is 17.2. The molecule has 0 spiro atoms. The Kier molecular flexibility index (Phi) is 6.79. The van der Waals surface area contributed by atoms with Gasteiger partial charge >= 0.3 is 0 Å². The van der Waals surface area contributed by atoms with Gasteiger partial charge in [-0.2, -0.15) is 0 Å². The number of hydrogen-bond donors (Lipinski definition) is 0. The molecule has 0 radical (unpaired) electrons. The monoisotopic (exact) mass is 445 g/mol. The van der Waals surface area contributed by atoms with E-state index >= 15 is 0 Å². The van der Waals surface area contributed by atoms with Crippen LogP contribution in [0.5, 0.6) is 5.75 Å². The lowest BCUT2D eigenvalue weighted by Crippen LogP contribution is -2.55. The quantitative estimate of drug-likeness (QED) is 0.684. The van der Waals surface area contributed by atoms with Crippen LogP contribution >= 0.6 is 0 Å². The third-order valence-corrected chi connectivity index (χ3v) is 6.80. The van der Waals surface area contributed by atoms with E-state index in [9.17, 15) is 13.2 Å². The van der Waals surface area contributed by atoms with Crippen LogP contribution in [0.25, 0.3) is 0 Å². The molecule has 2 aromatic rings. The molecule has 31 heavy (non-hydrogen) atoms. The van der Waals surface area contributed by atoms with Crippen LogP contribution in [-0.2, 0) is 14.8 Å². The van der Waals surface area contributed by atoms with Crippen LogP contribution in [0.1, 0.15) is 18.1 Å². The van der Waals surface area contributed by atoms with Crippen LogP contribution in [0.15, 0.2) is 42.5 Å². The molecule has 0 aromatic heterocycles. The highest BCUT2D eigenvalue weighted by Gasteiger charge is 2.33. The van der Waals surface area contributed by atoms with Gasteiger partial charge in [0.25, 0.3) is 0 Å². The number of ether oxygens (including phenoxy) is 1. The number of carbonyl (C=O) groups excluding carboxylic acids is 1. The molecule has 0 aliphatic carbocycles. The van der Waals surface area contributed by atoms with Crippen molar-refractivity contribution >= 4 is 27.3 Å². The number of aryl methyl sites for hydroxylation is 2. The molecular weight excluding hydrogens is 414 g/mol. The molecule has 1 amide bonds. The maximum atomic E-state index is 13.2. The number of rotatable bonds is 6. The molecule has 1 heterocycles. The van der Waals surface area contributed by atoms with Crippen molar-refractivity contribution in [1.82, 2.24) is 4.90 Å². The Balaban J connectivity index is 1.73. The first-order chi connectivity index (χ1) is 14.6. The number of amides is 1. The van der Waals surface area contributed by atoms with Gasteiger partial charge in [-0.1, -0.05) is 6.07 Å². The zero-order valence-electron chi connectivity index (χ0n) is 18.8. The number of nitrogens with zero attached hydrogens (tertiary/aromatic N) is 3. The number of sulfonamides is 1. The lowest BCUT2D eigenvalue weighted by atomic mass is 10.1. The second kappa shape index (κ2) is 9.18. The van der Waals surface area contributed by atoms with Crippen molar-refractivity contribution in [3.8, 4) is 5.75 Å². The Morgan fingerprint density at radius 2 is 1.55 bits per heavy atom. The summed E-state index contributed by atoms with van der Waals surface area (Å²) >= 11 is 0. The molecule has 1 aliphatic heterocycles. The Labute approximate surface area is 185 Å². The Hall–Kier alpha value is -2.74. The summed E-state index contributed by atoms with van der Waals surface area (Å²) in [6.07, 6.45) is 1.15. The molecule has 0 saturated carbocycles. The molecule has 0 unspecified atom stereocenters. The summed E-state index contributed by atoms with van der Waals surface area (Å²) in [7, 11) is -1.99. The number of hydrogen-bond acceptors (Lipinski definition) is 5. The summed E-state index contributed by atoms with van der Waals surface area (Å²) in [5.41, 5.74) is 3.51. The molecule has 1 atom stereocenters. The number of anilines is 2. The Morgan fingerprint density at radius 1 is 1.00 bits per heavy atom. The molecule has 1 fully saturated rings. The highest BCUT2D eigenvalue weighted by Crippen LogP contribution is 2.25. The smallest absolute Gasteiger partial charge is 0.246 e. The predicted molar refractivity (Wildman–Crippen MR) is 124 cm³/mol. The van der Waals surface area contributed by atoms with Crippen LogP contribution in [0, 0.1) is 13.8 Å². The normalized spacial score (nSPS) is 15.5. The molecule has 2 aromatic carbocycles. The van der Waals surface area contributed by atoms with Crippen LogP contribution in [0.3, 0.4) is 0 Å². The average Bonchev–Trinajstić information content (AvgIpc) is 2.72. The van der Waals surface area contributed by atoms with Crippen molar-refractivity contribution in [2.75, 3.05) is 48.7 Å². The molecule has 0 N–H and O–H groups in total. The van der Waals surface area contributed by atoms with E-state index in [1.165, 1.54) is 4.31 Å². The van der Waals surface area contributed by atoms with Crippen LogP contribution in [0.2, 0.25) is 0 Å². The second-order valence-electron chi connectivity index (χ2n) is 8.09. The topological polar surface area (TPSA) is 70.2 Å². The van der Waals surface area contributed by atoms with Gasteiger partial charge in [-0.15, -0.1) is 0 Å². The summed E-state index contributed by atoms with van der Waals surface area (Å²) < 4.78 is 31.7. The van der Waals surface area contributed by atoms with E-state index in [4.69, 9.17) is 4.74 Å². The van der Waals surface area contributed by atoms with Gasteiger partial charge in [0.1, 0.15) is 11.8 Å². The number of piperazine rings is 1. The maximum absolute atomic E-state index is 13.2. The van der Waals surface area contributed by atoms with Crippen molar-refractivity contribution in [2.45, 2.75) is 26.8 Å². The summed E-state index contributed by atoms with van der Waals surface area (Å²) in [6, 6.07) is 12.6. The number of benzene rings is 2. The fourth-order valence-electron chi connectivity index (χ4n) is 4.12. The predicted octanol–water partition coefficient (Wildman–Crippen LogP) is 2.82. The molecule has 3 rings (SSSR count). The number of methoxy groups -OCH3 is 1. The largest absolute Gasteiger partial charge is 0.497 e. The zero-order chi connectivity index (χ0) is 22.8. The third kappa shape index (κ3) is 5.31. The van der Waals surface area contributed by atoms with Crippen LogP contribution in [0.4, 0.5) is 11.4 Å². The first-order valence-electron chi connectivity index (χ1n) is 10.4. The van der Waals surface area contributed by atoms with E-state index < -0.39 is 16.1 Å². The van der Waals surface area contributed by atoms with Gasteiger partial charge in [0.05, 0.1) is 19.1 Å². The van der Waals surface area contributed by atoms with Gasteiger partial charge < -0.3 is 14.5 Å². The van der Waals surface area contributed by atoms with Crippen LogP contribution in [-0.4, -0.2) is 64.8 Å². The van der Waals surface area contributed by atoms with Crippen molar-refractivity contribution < 1.29 is 17.9 Å². The van der Waals surface area contributed by atoms with Crippen molar-refractivity contribution in [3.05, 3.63) is 53.6 Å². The molecule has 168 valence electrons. The maximum Gasteiger partial charge on any atom is 0.246 e. The molecule has 7 nitrogen and oxygen atoms in total. The first kappa shape index (κ1) is 22.9. The molecule has 0 bridgehead atoms. The van der Waals surface area contributed by atoms with E-state index in [1.807, 2.05) is 44.2 Å². The third-order valence-electron chi connectivity index (χ3n) is 5.56. The average molecular weight is 446 g/mol. The van der Waals surface area contributed by atoms with E-state index in [2.05, 4.69) is 4.90 Å². The second-order valence-corrected chi connectivity index (χ2v) is 9.95. The minimum Gasteiger partial charge on any atom is -0.497 e. The fraction of sp³-hybridized carbons (Fsp3) is 0.435. The van der Waals surface area contributed by atoms with Crippen molar-refractivity contribution in [2.24, 2.45) is 0 Å². The first-order valence-corrected chi connectivity index (χ1v) is 12.2. The minimum absolute atomic E-state index is 0.182. The van der Waals surface area contributed by atoms with E-state index in [-0.39, 0.29) is 5.91 Å². The summed E-state index contributed by atoms with van der Waals surface area (Å²) in [6.45, 7) is 7.96. The highest BCUT2D eigenvalue weighted by atomic mass is 32.2. The van der Waals surface area contributed by atoms with Gasteiger partial charge in [-0.05, 0) is 68.3 Å². The van der Waals surface area contributed by atoms with E-state index in [1.54, 1.807) is 31.1 Å². The van der Waals surface area contributed by atoms with Gasteiger partial charge in [0, 0.05) is 31.9 Å². The molecule has 1 aliphatic rings. The Bertz CT molecular complexity index is 1010. The highest BCUT2D eigenvalue weighted by molar-refractivity contribution is 7.92. The minimum atomic E-state index is -3.63. The molecule has 8 heteroatoms. The standard InChI is InChI=1S/C23H31N3O4S/c1-17-14-18(2)16-21(15-17)26(31(5,28)29)19(3)23(27)25-12-10-24(11-13-25)20-6-8-22(30-4)9-7-20/h6-9,14-16,19H,10-13H2,1-5H3/t19-/m1/s1. The Morgan fingerprint density at radius 3 is 2.03 bits per heavy atom. The number of carbonyl (C=O) groups is 1. The van der Waals surface area contributed by atoms with Gasteiger partial charge in [-0.25, -0.2) is 8.42 Å². The van der Waals surface area contributed by atoms with Crippen molar-refractivity contribution in [1.29, 1.82) is 0 Å². The van der Waals surface area contributed by atoms with Gasteiger partial charge in [0.2, 0.25) is 15.9 Å². The van der Waals surface area contributed by atoms with Gasteiger partial charge in [0.15, 0.2) is 0 Å². The SMILES string of the molecule is COc1ccc(N2CCN(C(=O)[C@@H](C)N(c3cc(C)cc(C)c3)S(C)(=O)=O)CC2)cc1. The zero-order valence-corrected chi connectivity index (χ0v) is 19.6. The summed E-state index contributed by atoms with van der Waals surface area (Å²) in [5, 5.41) is 0. The van der Waals surface area contributed by atoms with Crippen LogP contribution < -0.4 is 13.9 Å². The lowest BCUT2D eigenvalue weighted by Gasteiger charge is -2.39. The lowest BCUT2D eigenvalue weighted by molar-refractivity contribution is -0.132. The van der Waals surface area contributed by atoms with Crippen molar-refractivity contribution in [3.63, 3.8) is 0 Å². The summed E-state index contributed by atoms with van der Waals surface area (Å²) in [5.74, 6) is 0.623.